The molecule has 0 aromatic heterocycles. The van der Waals surface area contributed by atoms with Crippen molar-refractivity contribution in [1.29, 1.82) is 0 Å². The number of non-ortho nitro benzene ring substituents is 1. The smallest absolute Gasteiger partial charge is 0.269 e. The molecule has 1 aromatic rings. The highest BCUT2D eigenvalue weighted by Gasteiger charge is 2.20. The van der Waals surface area contributed by atoms with Crippen LogP contribution in [-0.4, -0.2) is 35.2 Å². The average molecular weight is 222 g/mol. The molecule has 16 heavy (non-hydrogen) atoms. The van der Waals surface area contributed by atoms with Crippen LogP contribution in [0.3, 0.4) is 0 Å². The number of nitrogens with zero attached hydrogens (tertiary/aromatic N) is 2. The number of aliphatic hydroxyl groups is 1. The van der Waals surface area contributed by atoms with Gasteiger partial charge in [0.05, 0.1) is 18.1 Å². The van der Waals surface area contributed by atoms with Crippen molar-refractivity contribution in [3.05, 3.63) is 39.9 Å². The molecule has 1 aliphatic heterocycles. The Morgan fingerprint density at radius 2 is 2.19 bits per heavy atom. The third kappa shape index (κ3) is 2.01. The van der Waals surface area contributed by atoms with Crippen LogP contribution in [-0.2, 0) is 4.74 Å². The summed E-state index contributed by atoms with van der Waals surface area (Å²) in [5, 5.41) is 19.3. The quantitative estimate of drug-likeness (QED) is 0.603. The van der Waals surface area contributed by atoms with E-state index in [4.69, 9.17) is 9.84 Å². The van der Waals surface area contributed by atoms with E-state index in [2.05, 4.69) is 4.99 Å². The molecule has 0 fully saturated rings. The molecule has 0 spiro atoms. The molecule has 6 nitrogen and oxygen atoms in total. The minimum Gasteiger partial charge on any atom is -0.470 e. The molecule has 0 bridgehead atoms. The first-order valence-corrected chi connectivity index (χ1v) is 4.77. The maximum Gasteiger partial charge on any atom is 0.269 e. The molecule has 1 heterocycles. The van der Waals surface area contributed by atoms with E-state index in [0.29, 0.717) is 18.0 Å². The average Bonchev–Trinajstić information content (AvgIpc) is 2.77. The van der Waals surface area contributed by atoms with Crippen molar-refractivity contribution in [2.24, 2.45) is 4.99 Å². The first kappa shape index (κ1) is 10.6. The highest BCUT2D eigenvalue weighted by molar-refractivity contribution is 5.95. The van der Waals surface area contributed by atoms with Crippen LogP contribution < -0.4 is 0 Å². The first-order chi connectivity index (χ1) is 7.70. The zero-order chi connectivity index (χ0) is 11.5. The molecule has 0 radical (unpaired) electrons. The topological polar surface area (TPSA) is 85.0 Å². The lowest BCUT2D eigenvalue weighted by atomic mass is 10.2. The van der Waals surface area contributed by atoms with Gasteiger partial charge in [-0.15, -0.1) is 0 Å². The fourth-order valence-corrected chi connectivity index (χ4v) is 1.40. The van der Waals surface area contributed by atoms with Crippen LogP contribution in [0.5, 0.6) is 0 Å². The molecule has 1 atom stereocenters. The number of nitro groups is 1. The SMILES string of the molecule is O=[N+]([O-])c1ccc(C2=NC[C@H](CO)O2)cc1. The zero-order valence-electron chi connectivity index (χ0n) is 8.37. The maximum absolute atomic E-state index is 10.4. The normalized spacial score (nSPS) is 19.1. The lowest BCUT2D eigenvalue weighted by Crippen LogP contribution is -2.17. The van der Waals surface area contributed by atoms with Crippen LogP contribution in [0.1, 0.15) is 5.56 Å². The van der Waals surface area contributed by atoms with Gasteiger partial charge >= 0.3 is 0 Å². The predicted octanol–water partition coefficient (Wildman–Crippen LogP) is 0.732. The van der Waals surface area contributed by atoms with Gasteiger partial charge in [0.15, 0.2) is 0 Å². The van der Waals surface area contributed by atoms with Crippen LogP contribution >= 0.6 is 0 Å². The van der Waals surface area contributed by atoms with Gasteiger partial charge in [0.1, 0.15) is 6.10 Å². The number of aliphatic imine (C=N–C) groups is 1. The molecular weight excluding hydrogens is 212 g/mol. The lowest BCUT2D eigenvalue weighted by molar-refractivity contribution is -0.384. The van der Waals surface area contributed by atoms with Gasteiger partial charge in [-0.05, 0) is 12.1 Å². The monoisotopic (exact) mass is 222 g/mol. The maximum atomic E-state index is 10.4. The third-order valence-corrected chi connectivity index (χ3v) is 2.25. The Morgan fingerprint density at radius 3 is 2.69 bits per heavy atom. The van der Waals surface area contributed by atoms with E-state index < -0.39 is 4.92 Å². The Balaban J connectivity index is 2.14. The van der Waals surface area contributed by atoms with Gasteiger partial charge in [-0.1, -0.05) is 0 Å². The standard InChI is InChI=1S/C10H10N2O4/c13-6-9-5-11-10(16-9)7-1-3-8(4-2-7)12(14)15/h1-4,9,13H,5-6H2/t9-/m1/s1. The van der Waals surface area contributed by atoms with Crippen LogP contribution in [0.25, 0.3) is 0 Å². The van der Waals surface area contributed by atoms with Crippen molar-refractivity contribution >= 4 is 11.6 Å². The van der Waals surface area contributed by atoms with Gasteiger partial charge in [-0.2, -0.15) is 0 Å². The van der Waals surface area contributed by atoms with E-state index in [-0.39, 0.29) is 18.4 Å². The van der Waals surface area contributed by atoms with Crippen molar-refractivity contribution in [2.45, 2.75) is 6.10 Å². The van der Waals surface area contributed by atoms with Crippen molar-refractivity contribution in [3.8, 4) is 0 Å². The molecule has 84 valence electrons. The van der Waals surface area contributed by atoms with E-state index in [1.165, 1.54) is 12.1 Å². The number of ether oxygens (including phenoxy) is 1. The van der Waals surface area contributed by atoms with E-state index in [1.54, 1.807) is 12.1 Å². The van der Waals surface area contributed by atoms with Crippen molar-refractivity contribution < 1.29 is 14.8 Å². The van der Waals surface area contributed by atoms with Crippen LogP contribution in [0.15, 0.2) is 29.3 Å². The Labute approximate surface area is 91.3 Å². The molecule has 0 amide bonds. The molecule has 2 rings (SSSR count). The number of hydrogen-bond acceptors (Lipinski definition) is 5. The van der Waals surface area contributed by atoms with Crippen molar-refractivity contribution in [3.63, 3.8) is 0 Å². The summed E-state index contributed by atoms with van der Waals surface area (Å²) in [6.07, 6.45) is -0.301. The molecule has 0 unspecified atom stereocenters. The second-order valence-electron chi connectivity index (χ2n) is 3.37. The molecule has 1 aromatic carbocycles. The number of hydrogen-bond donors (Lipinski definition) is 1. The second-order valence-corrected chi connectivity index (χ2v) is 3.37. The molecule has 1 N–H and O–H groups in total. The Morgan fingerprint density at radius 1 is 1.50 bits per heavy atom. The van der Waals surface area contributed by atoms with Gasteiger partial charge in [0, 0.05) is 17.7 Å². The fourth-order valence-electron chi connectivity index (χ4n) is 1.40. The Bertz CT molecular complexity index is 427. The lowest BCUT2D eigenvalue weighted by Gasteiger charge is -2.07. The Kier molecular flexibility index (Phi) is 2.82. The van der Waals surface area contributed by atoms with Crippen LogP contribution in [0.2, 0.25) is 0 Å². The minimum atomic E-state index is -0.461. The minimum absolute atomic E-state index is 0.0288. The summed E-state index contributed by atoms with van der Waals surface area (Å²) in [4.78, 5) is 14.1. The van der Waals surface area contributed by atoms with Crippen molar-refractivity contribution in [2.75, 3.05) is 13.2 Å². The zero-order valence-corrected chi connectivity index (χ0v) is 8.37. The summed E-state index contributed by atoms with van der Waals surface area (Å²) in [5.41, 5.74) is 0.711. The van der Waals surface area contributed by atoms with Crippen molar-refractivity contribution in [1.82, 2.24) is 0 Å². The highest BCUT2D eigenvalue weighted by Crippen LogP contribution is 2.16. The first-order valence-electron chi connectivity index (χ1n) is 4.77. The molecule has 0 saturated heterocycles. The van der Waals surface area contributed by atoms with Gasteiger partial charge in [0.2, 0.25) is 5.90 Å². The summed E-state index contributed by atoms with van der Waals surface area (Å²) in [6, 6.07) is 5.95. The largest absolute Gasteiger partial charge is 0.470 e. The molecular formula is C10H10N2O4. The summed E-state index contributed by atoms with van der Waals surface area (Å²) >= 11 is 0. The summed E-state index contributed by atoms with van der Waals surface area (Å²) in [5.74, 6) is 0.425. The molecule has 1 aliphatic rings. The fraction of sp³-hybridized carbons (Fsp3) is 0.300. The van der Waals surface area contributed by atoms with Gasteiger partial charge < -0.3 is 9.84 Å². The van der Waals surface area contributed by atoms with Crippen LogP contribution in [0.4, 0.5) is 5.69 Å². The second kappa shape index (κ2) is 4.28. The van der Waals surface area contributed by atoms with E-state index >= 15 is 0 Å². The molecule has 0 saturated carbocycles. The van der Waals surface area contributed by atoms with E-state index in [1.807, 2.05) is 0 Å². The van der Waals surface area contributed by atoms with Crippen LogP contribution in [0, 0.1) is 10.1 Å². The third-order valence-electron chi connectivity index (χ3n) is 2.25. The summed E-state index contributed by atoms with van der Waals surface area (Å²) in [7, 11) is 0. The summed E-state index contributed by atoms with van der Waals surface area (Å²) in [6.45, 7) is 0.336. The molecule has 6 heteroatoms. The summed E-state index contributed by atoms with van der Waals surface area (Å²) < 4.78 is 5.33. The van der Waals surface area contributed by atoms with E-state index in [9.17, 15) is 10.1 Å². The number of nitro benzene ring substituents is 1. The van der Waals surface area contributed by atoms with Gasteiger partial charge in [-0.25, -0.2) is 4.99 Å². The number of rotatable bonds is 3. The number of aliphatic hydroxyl groups excluding tert-OH is 1. The Hall–Kier alpha value is -1.95. The predicted molar refractivity (Wildman–Crippen MR) is 56.5 cm³/mol. The highest BCUT2D eigenvalue weighted by atomic mass is 16.6. The van der Waals surface area contributed by atoms with Gasteiger partial charge in [-0.3, -0.25) is 10.1 Å². The van der Waals surface area contributed by atoms with E-state index in [0.717, 1.165) is 0 Å². The molecule has 0 aliphatic carbocycles. The number of benzene rings is 1. The van der Waals surface area contributed by atoms with Gasteiger partial charge in [0.25, 0.3) is 5.69 Å².